The smallest absolute Gasteiger partial charge is 0.308 e. The predicted octanol–water partition coefficient (Wildman–Crippen LogP) is 8.15. The summed E-state index contributed by atoms with van der Waals surface area (Å²) < 4.78 is 34.6. The third kappa shape index (κ3) is 15.4. The minimum Gasteiger partial charge on any atom is -0.488 e. The second-order valence-electron chi connectivity index (χ2n) is 16.6. The first-order valence-corrected chi connectivity index (χ1v) is 23.5. The number of methoxy groups -OCH3 is 2. The number of aliphatic hydroxyl groups excluding tert-OH is 2. The predicted molar refractivity (Wildman–Crippen MR) is 268 cm³/mol. The van der Waals surface area contributed by atoms with Gasteiger partial charge in [-0.05, 0) is 71.5 Å². The number of ether oxygens (including phenoxy) is 6. The maximum absolute atomic E-state index is 11.7. The van der Waals surface area contributed by atoms with Gasteiger partial charge >= 0.3 is 11.9 Å². The molecule has 2 aromatic heterocycles. The molecule has 2 unspecified atom stereocenters. The molecule has 4 N–H and O–H groups in total. The van der Waals surface area contributed by atoms with Crippen LogP contribution in [0.3, 0.4) is 0 Å². The number of nitrogens with one attached hydrogen (secondary N) is 2. The van der Waals surface area contributed by atoms with E-state index in [2.05, 4.69) is 42.2 Å². The van der Waals surface area contributed by atoms with Gasteiger partial charge in [0.05, 0.1) is 60.4 Å². The van der Waals surface area contributed by atoms with E-state index in [1.807, 2.05) is 50.2 Å². The van der Waals surface area contributed by atoms with Gasteiger partial charge in [0.15, 0.2) is 0 Å². The first-order valence-electron chi connectivity index (χ1n) is 22.7. The molecule has 0 bridgehead atoms. The quantitative estimate of drug-likeness (QED) is 0.0397. The zero-order valence-corrected chi connectivity index (χ0v) is 41.7. The zero-order valence-electron chi connectivity index (χ0n) is 40.2. The molecule has 18 heteroatoms. The number of carbonyl (C=O) groups is 2. The van der Waals surface area contributed by atoms with Gasteiger partial charge in [0.2, 0.25) is 0 Å². The summed E-state index contributed by atoms with van der Waals surface area (Å²) in [6.07, 6.45) is 3.91. The molecule has 6 rings (SSSR count). The van der Waals surface area contributed by atoms with E-state index in [0.717, 1.165) is 33.4 Å². The van der Waals surface area contributed by atoms with E-state index in [9.17, 15) is 30.3 Å². The summed E-state index contributed by atoms with van der Waals surface area (Å²) in [6, 6.07) is 26.4. The molecule has 2 atom stereocenters. The molecule has 0 fully saturated rings. The lowest BCUT2D eigenvalue weighted by Crippen LogP contribution is -2.28. The lowest BCUT2D eigenvalue weighted by atomic mass is 9.92. The number of halogens is 2. The Morgan fingerprint density at radius 3 is 1.38 bits per heavy atom. The highest BCUT2D eigenvalue weighted by Crippen LogP contribution is 2.37. The first kappa shape index (κ1) is 54.1. The molecule has 0 amide bonds. The Morgan fingerprint density at radius 2 is 0.986 bits per heavy atom. The molecule has 0 saturated heterocycles. The summed E-state index contributed by atoms with van der Waals surface area (Å²) in [4.78, 5) is 31.6. The number of pyridine rings is 2. The largest absolute Gasteiger partial charge is 0.488 e. The van der Waals surface area contributed by atoms with E-state index in [-0.39, 0.29) is 65.4 Å². The highest BCUT2D eigenvalue weighted by Gasteiger charge is 2.19. The van der Waals surface area contributed by atoms with Crippen molar-refractivity contribution in [2.45, 2.75) is 78.4 Å². The van der Waals surface area contributed by atoms with Crippen LogP contribution < -0.4 is 29.6 Å². The SMILES string of the molecule is COC(=O)CC(O)CNCc1cc(Cl)c(OCc2cccc(-c3cccc(COc4cc(OCc5cncc(C#N)c5)c(CNCC(O)CC(=O)OC)cc4Cl)c3C)c2C)cc1OCc1cncc(C#N)c1. The molecule has 0 saturated carbocycles. The first-order chi connectivity index (χ1) is 34.8. The molecule has 72 heavy (non-hydrogen) atoms. The Labute approximate surface area is 428 Å². The van der Waals surface area contributed by atoms with Gasteiger partial charge in [-0.15, -0.1) is 0 Å². The number of esters is 2. The molecule has 374 valence electrons. The van der Waals surface area contributed by atoms with Crippen LogP contribution in [-0.2, 0) is 58.6 Å². The molecule has 6 aromatic rings. The van der Waals surface area contributed by atoms with Crippen molar-refractivity contribution in [2.24, 2.45) is 0 Å². The molecule has 0 aliphatic rings. The average Bonchev–Trinajstić information content (AvgIpc) is 3.38. The number of nitrogens with zero attached hydrogens (tertiary/aromatic N) is 4. The Balaban J connectivity index is 1.18. The van der Waals surface area contributed by atoms with Crippen molar-refractivity contribution in [2.75, 3.05) is 27.3 Å². The van der Waals surface area contributed by atoms with E-state index >= 15 is 0 Å². The zero-order chi connectivity index (χ0) is 51.6. The molecule has 4 aromatic carbocycles. The highest BCUT2D eigenvalue weighted by molar-refractivity contribution is 6.32. The van der Waals surface area contributed by atoms with Crippen LogP contribution in [0.25, 0.3) is 11.1 Å². The molecule has 0 radical (unpaired) electrons. The molecular weight excluding hydrogens is 964 g/mol. The lowest BCUT2D eigenvalue weighted by Gasteiger charge is -2.19. The van der Waals surface area contributed by atoms with Gasteiger partial charge in [0.25, 0.3) is 0 Å². The topological polar surface area (TPSA) is 227 Å². The molecule has 0 aliphatic carbocycles. The third-order valence-corrected chi connectivity index (χ3v) is 12.1. The van der Waals surface area contributed by atoms with Gasteiger partial charge in [0, 0.05) is 85.4 Å². The Hall–Kier alpha value is -7.28. The average molecular weight is 1020 g/mol. The highest BCUT2D eigenvalue weighted by atomic mass is 35.5. The second-order valence-corrected chi connectivity index (χ2v) is 17.4. The Bertz CT molecular complexity index is 2750. The van der Waals surface area contributed by atoms with E-state index in [4.69, 9.17) is 42.1 Å². The van der Waals surface area contributed by atoms with E-state index in [1.54, 1.807) is 48.8 Å². The minimum atomic E-state index is -0.966. The number of aromatic nitrogens is 2. The van der Waals surface area contributed by atoms with E-state index in [0.29, 0.717) is 66.4 Å². The number of hydrogen-bond acceptors (Lipinski definition) is 16. The minimum absolute atomic E-state index is 0.103. The van der Waals surface area contributed by atoms with Crippen molar-refractivity contribution in [3.63, 3.8) is 0 Å². The van der Waals surface area contributed by atoms with Crippen molar-refractivity contribution in [1.82, 2.24) is 20.6 Å². The lowest BCUT2D eigenvalue weighted by molar-refractivity contribution is -0.143. The van der Waals surface area contributed by atoms with Crippen LogP contribution in [0.1, 0.15) is 68.5 Å². The summed E-state index contributed by atoms with van der Waals surface area (Å²) in [5, 5.41) is 46.3. The Morgan fingerprint density at radius 1 is 0.583 bits per heavy atom. The van der Waals surface area contributed by atoms with Gasteiger partial charge < -0.3 is 49.3 Å². The fourth-order valence-corrected chi connectivity index (χ4v) is 7.99. The number of carbonyl (C=O) groups excluding carboxylic acids is 2. The molecular formula is C54H54Cl2N6O10. The number of hydrogen-bond donors (Lipinski definition) is 4. The molecule has 0 spiro atoms. The van der Waals surface area contributed by atoms with Crippen LogP contribution in [-0.4, -0.2) is 71.6 Å². The van der Waals surface area contributed by atoms with Crippen LogP contribution in [0.4, 0.5) is 0 Å². The van der Waals surface area contributed by atoms with Gasteiger partial charge in [-0.3, -0.25) is 19.6 Å². The van der Waals surface area contributed by atoms with Gasteiger partial charge in [0.1, 0.15) is 61.6 Å². The fourth-order valence-electron chi connectivity index (χ4n) is 7.51. The van der Waals surface area contributed by atoms with Crippen molar-refractivity contribution in [3.05, 3.63) is 163 Å². The summed E-state index contributed by atoms with van der Waals surface area (Å²) in [5.41, 5.74) is 9.30. The van der Waals surface area contributed by atoms with Crippen LogP contribution >= 0.6 is 23.2 Å². The molecule has 0 aliphatic heterocycles. The number of benzene rings is 4. The standard InChI is InChI=1S/C54H54Cl2N6O10/c1-33-39(31-71-51-17-49(69-29-37-11-35(19-57)21-59-23-37)41(13-47(51)55)25-61-27-43(63)15-53(65)67-3)7-5-9-45(33)46-10-6-8-40(34(46)2)32-72-52-18-50(70-30-38-12-36(20-58)22-60-24-38)42(14-48(52)56)26-62-28-44(64)16-54(66)68-4/h5-14,17-18,21-24,43-44,61-64H,15-16,25-32H2,1-4H3. The van der Waals surface area contributed by atoms with E-state index in [1.165, 1.54) is 26.6 Å². The van der Waals surface area contributed by atoms with Crippen molar-refractivity contribution < 1.29 is 48.2 Å². The Kier molecular flexibility index (Phi) is 20.1. The van der Waals surface area contributed by atoms with Crippen LogP contribution in [0.5, 0.6) is 23.0 Å². The molecule has 2 heterocycles. The summed E-state index contributed by atoms with van der Waals surface area (Å²) in [5.74, 6) is 0.611. The van der Waals surface area contributed by atoms with Gasteiger partial charge in [-0.2, -0.15) is 10.5 Å². The third-order valence-electron chi connectivity index (χ3n) is 11.5. The normalized spacial score (nSPS) is 11.7. The number of nitriles is 2. The summed E-state index contributed by atoms with van der Waals surface area (Å²) in [6.45, 7) is 5.33. The van der Waals surface area contributed by atoms with Crippen LogP contribution in [0.2, 0.25) is 10.0 Å². The second kappa shape index (κ2) is 26.8. The molecule has 16 nitrogen and oxygen atoms in total. The maximum Gasteiger partial charge on any atom is 0.308 e. The van der Waals surface area contributed by atoms with Gasteiger partial charge in [-0.1, -0.05) is 59.6 Å². The maximum atomic E-state index is 11.7. The fraction of sp³-hybridized carbons (Fsp3) is 0.296. The van der Waals surface area contributed by atoms with Gasteiger partial charge in [-0.25, -0.2) is 0 Å². The van der Waals surface area contributed by atoms with E-state index < -0.39 is 24.1 Å². The van der Waals surface area contributed by atoms with Crippen molar-refractivity contribution in [3.8, 4) is 46.3 Å². The van der Waals surface area contributed by atoms with Crippen molar-refractivity contribution >= 4 is 35.1 Å². The van der Waals surface area contributed by atoms with Crippen LogP contribution in [0.15, 0.2) is 97.6 Å². The monoisotopic (exact) mass is 1020 g/mol. The number of rotatable bonds is 25. The van der Waals surface area contributed by atoms with Crippen LogP contribution in [0, 0.1) is 36.5 Å². The number of aliphatic hydroxyl groups is 2. The van der Waals surface area contributed by atoms with Crippen molar-refractivity contribution in [1.29, 1.82) is 10.5 Å². The summed E-state index contributed by atoms with van der Waals surface area (Å²) >= 11 is 13.7. The summed E-state index contributed by atoms with van der Waals surface area (Å²) in [7, 11) is 2.53.